The predicted octanol–water partition coefficient (Wildman–Crippen LogP) is 1.57. The Bertz CT molecular complexity index is 507. The minimum Gasteiger partial charge on any atom is -0.484 e. The minimum absolute atomic E-state index is 0.00294. The van der Waals surface area contributed by atoms with E-state index in [9.17, 15) is 4.79 Å². The van der Waals surface area contributed by atoms with Gasteiger partial charge in [0.05, 0.1) is 30.4 Å². The average Bonchev–Trinajstić information content (AvgIpc) is 2.47. The van der Waals surface area contributed by atoms with Crippen molar-refractivity contribution in [2.24, 2.45) is 0 Å². The Hall–Kier alpha value is -2.06. The third kappa shape index (κ3) is 3.49. The maximum Gasteiger partial charge on any atom is 0.260 e. The van der Waals surface area contributed by atoms with E-state index in [0.717, 1.165) is 0 Å². The summed E-state index contributed by atoms with van der Waals surface area (Å²) in [6, 6.07) is 8.82. The smallest absolute Gasteiger partial charge is 0.260 e. The van der Waals surface area contributed by atoms with Gasteiger partial charge in [0, 0.05) is 6.54 Å². The zero-order valence-corrected chi connectivity index (χ0v) is 11.7. The molecule has 5 heteroatoms. The lowest BCUT2D eigenvalue weighted by Crippen LogP contribution is -2.51. The third-order valence-corrected chi connectivity index (χ3v) is 3.27. The largest absolute Gasteiger partial charge is 0.484 e. The lowest BCUT2D eigenvalue weighted by atomic mass is 10.2. The van der Waals surface area contributed by atoms with Gasteiger partial charge in [-0.2, -0.15) is 5.26 Å². The monoisotopic (exact) mass is 274 g/mol. The van der Waals surface area contributed by atoms with Gasteiger partial charge >= 0.3 is 0 Å². The van der Waals surface area contributed by atoms with Crippen LogP contribution in [0.4, 0.5) is 0 Å². The van der Waals surface area contributed by atoms with Gasteiger partial charge in [0.25, 0.3) is 5.91 Å². The van der Waals surface area contributed by atoms with Crippen LogP contribution in [0.2, 0.25) is 0 Å². The Balaban J connectivity index is 1.89. The molecule has 0 aliphatic carbocycles. The Morgan fingerprint density at radius 1 is 1.45 bits per heavy atom. The van der Waals surface area contributed by atoms with Gasteiger partial charge in [0.1, 0.15) is 5.75 Å². The van der Waals surface area contributed by atoms with Gasteiger partial charge in [0.2, 0.25) is 0 Å². The molecule has 20 heavy (non-hydrogen) atoms. The molecule has 1 aliphatic heterocycles. The molecule has 0 radical (unpaired) electrons. The number of ether oxygens (including phenoxy) is 2. The van der Waals surface area contributed by atoms with Crippen molar-refractivity contribution in [2.45, 2.75) is 26.0 Å². The summed E-state index contributed by atoms with van der Waals surface area (Å²) in [5.41, 5.74) is 0.569. The fourth-order valence-electron chi connectivity index (χ4n) is 2.10. The maximum absolute atomic E-state index is 12.1. The van der Waals surface area contributed by atoms with Crippen LogP contribution in [0.25, 0.3) is 0 Å². The first-order valence-corrected chi connectivity index (χ1v) is 6.64. The predicted molar refractivity (Wildman–Crippen MR) is 73.2 cm³/mol. The first kappa shape index (κ1) is 14.4. The number of carbonyl (C=O) groups excluding carboxylic acids is 1. The summed E-state index contributed by atoms with van der Waals surface area (Å²) in [6.45, 7) is 5.07. The van der Waals surface area contributed by atoms with Gasteiger partial charge in [0.15, 0.2) is 6.61 Å². The topological polar surface area (TPSA) is 62.6 Å². The van der Waals surface area contributed by atoms with Crippen LogP contribution in [-0.2, 0) is 9.53 Å². The highest BCUT2D eigenvalue weighted by Gasteiger charge is 2.27. The lowest BCUT2D eigenvalue weighted by Gasteiger charge is -2.36. The molecule has 0 spiro atoms. The first-order chi connectivity index (χ1) is 9.60. The second-order valence-corrected chi connectivity index (χ2v) is 4.96. The van der Waals surface area contributed by atoms with Crippen LogP contribution < -0.4 is 4.74 Å². The highest BCUT2D eigenvalue weighted by atomic mass is 16.5. The average molecular weight is 274 g/mol. The second-order valence-electron chi connectivity index (χ2n) is 4.96. The minimum atomic E-state index is -0.0444. The summed E-state index contributed by atoms with van der Waals surface area (Å²) in [6.07, 6.45) is 0.0602. The molecule has 1 saturated heterocycles. The van der Waals surface area contributed by atoms with E-state index in [0.29, 0.717) is 24.5 Å². The van der Waals surface area contributed by atoms with E-state index in [-0.39, 0.29) is 24.7 Å². The van der Waals surface area contributed by atoms with Crippen LogP contribution >= 0.6 is 0 Å². The second kappa shape index (κ2) is 6.40. The number of amides is 1. The van der Waals surface area contributed by atoms with Crippen molar-refractivity contribution in [1.82, 2.24) is 4.90 Å². The molecule has 2 rings (SSSR count). The molecule has 1 aromatic rings. The Morgan fingerprint density at radius 2 is 2.15 bits per heavy atom. The molecule has 1 aromatic carbocycles. The SMILES string of the molecule is CC1CN(C(=O)COc2ccc(C#N)cc2)C(C)CO1. The van der Waals surface area contributed by atoms with E-state index < -0.39 is 0 Å². The molecule has 0 N–H and O–H groups in total. The van der Waals surface area contributed by atoms with Crippen molar-refractivity contribution < 1.29 is 14.3 Å². The van der Waals surface area contributed by atoms with Crippen LogP contribution in [0.15, 0.2) is 24.3 Å². The molecule has 0 bridgehead atoms. The van der Waals surface area contributed by atoms with Crippen LogP contribution in [0.3, 0.4) is 0 Å². The number of hydrogen-bond donors (Lipinski definition) is 0. The van der Waals surface area contributed by atoms with Gasteiger partial charge in [-0.3, -0.25) is 4.79 Å². The quantitative estimate of drug-likeness (QED) is 0.839. The molecule has 0 saturated carbocycles. The summed E-state index contributed by atoms with van der Waals surface area (Å²) >= 11 is 0. The molecule has 2 atom stereocenters. The van der Waals surface area contributed by atoms with Crippen LogP contribution in [0, 0.1) is 11.3 Å². The standard InChI is InChI=1S/C15H18N2O3/c1-11-9-19-12(2)8-17(11)15(18)10-20-14-5-3-13(7-16)4-6-14/h3-6,11-12H,8-10H2,1-2H3. The van der Waals surface area contributed by atoms with Crippen molar-refractivity contribution in [3.63, 3.8) is 0 Å². The highest BCUT2D eigenvalue weighted by Crippen LogP contribution is 2.14. The molecule has 1 aliphatic rings. The number of morpholine rings is 1. The van der Waals surface area contributed by atoms with Crippen molar-refractivity contribution in [1.29, 1.82) is 5.26 Å². The first-order valence-electron chi connectivity index (χ1n) is 6.64. The Kier molecular flexibility index (Phi) is 4.59. The molecule has 1 amide bonds. The molecular formula is C15H18N2O3. The van der Waals surface area contributed by atoms with Gasteiger partial charge in [-0.1, -0.05) is 0 Å². The summed E-state index contributed by atoms with van der Waals surface area (Å²) in [4.78, 5) is 13.9. The van der Waals surface area contributed by atoms with E-state index in [4.69, 9.17) is 14.7 Å². The molecule has 0 aromatic heterocycles. The Morgan fingerprint density at radius 3 is 2.80 bits per heavy atom. The van der Waals surface area contributed by atoms with E-state index in [1.54, 1.807) is 29.2 Å². The number of nitrogens with zero attached hydrogens (tertiary/aromatic N) is 2. The number of carbonyl (C=O) groups is 1. The molecule has 1 fully saturated rings. The molecule has 1 heterocycles. The number of rotatable bonds is 3. The third-order valence-electron chi connectivity index (χ3n) is 3.27. The van der Waals surface area contributed by atoms with Crippen molar-refractivity contribution in [2.75, 3.05) is 19.8 Å². The van der Waals surface area contributed by atoms with Crippen molar-refractivity contribution >= 4 is 5.91 Å². The van der Waals surface area contributed by atoms with Gasteiger partial charge in [-0.25, -0.2) is 0 Å². The van der Waals surface area contributed by atoms with E-state index >= 15 is 0 Å². The Labute approximate surface area is 118 Å². The molecule has 2 unspecified atom stereocenters. The summed E-state index contributed by atoms with van der Waals surface area (Å²) in [5, 5.41) is 8.71. The summed E-state index contributed by atoms with van der Waals surface area (Å²) in [5.74, 6) is 0.545. The normalized spacial score (nSPS) is 22.1. The van der Waals surface area contributed by atoms with Gasteiger partial charge in [-0.15, -0.1) is 0 Å². The molecule has 5 nitrogen and oxygen atoms in total. The lowest BCUT2D eigenvalue weighted by molar-refractivity contribution is -0.145. The zero-order chi connectivity index (χ0) is 14.5. The van der Waals surface area contributed by atoms with E-state index in [1.165, 1.54) is 0 Å². The highest BCUT2D eigenvalue weighted by molar-refractivity contribution is 5.78. The van der Waals surface area contributed by atoms with Crippen LogP contribution in [-0.4, -0.2) is 42.7 Å². The maximum atomic E-state index is 12.1. The van der Waals surface area contributed by atoms with Crippen molar-refractivity contribution in [3.05, 3.63) is 29.8 Å². The van der Waals surface area contributed by atoms with Crippen LogP contribution in [0.1, 0.15) is 19.4 Å². The summed E-state index contributed by atoms with van der Waals surface area (Å²) in [7, 11) is 0. The van der Waals surface area contributed by atoms with E-state index in [2.05, 4.69) is 0 Å². The molecule has 106 valence electrons. The fourth-order valence-corrected chi connectivity index (χ4v) is 2.10. The van der Waals surface area contributed by atoms with E-state index in [1.807, 2.05) is 19.9 Å². The van der Waals surface area contributed by atoms with Crippen LogP contribution in [0.5, 0.6) is 5.75 Å². The van der Waals surface area contributed by atoms with Gasteiger partial charge in [-0.05, 0) is 38.1 Å². The summed E-state index contributed by atoms with van der Waals surface area (Å²) < 4.78 is 11.0. The fraction of sp³-hybridized carbons (Fsp3) is 0.467. The van der Waals surface area contributed by atoms with Crippen molar-refractivity contribution in [3.8, 4) is 11.8 Å². The zero-order valence-electron chi connectivity index (χ0n) is 11.7. The van der Waals surface area contributed by atoms with Gasteiger partial charge < -0.3 is 14.4 Å². The number of nitriles is 1. The number of benzene rings is 1. The number of hydrogen-bond acceptors (Lipinski definition) is 4. The molecular weight excluding hydrogens is 256 g/mol.